The fourth-order valence-corrected chi connectivity index (χ4v) is 4.32. The first-order valence-electron chi connectivity index (χ1n) is 9.07. The summed E-state index contributed by atoms with van der Waals surface area (Å²) < 4.78 is 5.32. The van der Waals surface area contributed by atoms with Crippen molar-refractivity contribution >= 4 is 22.9 Å². The number of methoxy groups -OCH3 is 1. The van der Waals surface area contributed by atoms with E-state index in [-0.39, 0.29) is 5.91 Å². The van der Waals surface area contributed by atoms with Crippen LogP contribution in [0.15, 0.2) is 66.0 Å². The Kier molecular flexibility index (Phi) is 5.12. The fraction of sp³-hybridized carbons (Fsp3) is 0.227. The molecule has 1 amide bonds. The topological polar surface area (TPSA) is 32.8 Å². The number of anilines is 1. The molecule has 2 heterocycles. The van der Waals surface area contributed by atoms with Crippen molar-refractivity contribution in [1.82, 2.24) is 4.90 Å². The predicted molar refractivity (Wildman–Crippen MR) is 111 cm³/mol. The molecule has 1 aliphatic heterocycles. The zero-order chi connectivity index (χ0) is 18.6. The molecule has 0 radical (unpaired) electrons. The molecule has 1 fully saturated rings. The highest BCUT2D eigenvalue weighted by molar-refractivity contribution is 7.12. The molecule has 138 valence electrons. The van der Waals surface area contributed by atoms with Crippen molar-refractivity contribution in [2.45, 2.75) is 0 Å². The third-order valence-corrected chi connectivity index (χ3v) is 5.83. The minimum Gasteiger partial charge on any atom is -0.497 e. The van der Waals surface area contributed by atoms with E-state index in [0.29, 0.717) is 0 Å². The lowest BCUT2D eigenvalue weighted by molar-refractivity contribution is 0.0752. The lowest BCUT2D eigenvalue weighted by Gasteiger charge is -2.36. The van der Waals surface area contributed by atoms with Crippen LogP contribution in [0.5, 0.6) is 5.75 Å². The Morgan fingerprint density at radius 3 is 2.48 bits per heavy atom. The quantitative estimate of drug-likeness (QED) is 0.675. The van der Waals surface area contributed by atoms with Gasteiger partial charge in [0.05, 0.1) is 12.0 Å². The van der Waals surface area contributed by atoms with Crippen molar-refractivity contribution < 1.29 is 9.53 Å². The summed E-state index contributed by atoms with van der Waals surface area (Å²) in [5.74, 6) is 0.992. The van der Waals surface area contributed by atoms with E-state index in [9.17, 15) is 4.79 Å². The zero-order valence-electron chi connectivity index (χ0n) is 15.3. The van der Waals surface area contributed by atoms with E-state index in [1.54, 1.807) is 7.11 Å². The van der Waals surface area contributed by atoms with Crippen LogP contribution in [0.2, 0.25) is 0 Å². The number of ether oxygens (including phenoxy) is 1. The van der Waals surface area contributed by atoms with Crippen LogP contribution in [0.1, 0.15) is 9.67 Å². The van der Waals surface area contributed by atoms with Gasteiger partial charge < -0.3 is 14.5 Å². The van der Waals surface area contributed by atoms with Gasteiger partial charge in [0.25, 0.3) is 5.91 Å². The number of benzene rings is 2. The first-order chi connectivity index (χ1) is 13.3. The van der Waals surface area contributed by atoms with Gasteiger partial charge in [0.2, 0.25) is 0 Å². The molecule has 0 spiro atoms. The molecule has 0 saturated carbocycles. The second-order valence-electron chi connectivity index (χ2n) is 6.51. The fourth-order valence-electron chi connectivity index (χ4n) is 3.44. The summed E-state index contributed by atoms with van der Waals surface area (Å²) in [4.78, 5) is 18.2. The highest BCUT2D eigenvalue weighted by Gasteiger charge is 2.25. The van der Waals surface area contributed by atoms with Crippen LogP contribution in [-0.2, 0) is 0 Å². The molecule has 0 bridgehead atoms. The van der Waals surface area contributed by atoms with Crippen molar-refractivity contribution in [3.8, 4) is 16.9 Å². The average molecular weight is 378 g/mol. The molecule has 0 N–H and O–H groups in total. The lowest BCUT2D eigenvalue weighted by atomic mass is 10.1. The maximum absolute atomic E-state index is 13.1. The van der Waals surface area contributed by atoms with Crippen LogP contribution < -0.4 is 9.64 Å². The highest BCUT2D eigenvalue weighted by atomic mass is 32.1. The van der Waals surface area contributed by atoms with E-state index in [2.05, 4.69) is 23.1 Å². The third-order valence-electron chi connectivity index (χ3n) is 4.93. The number of thiophene rings is 1. The maximum Gasteiger partial charge on any atom is 0.264 e. The Hall–Kier alpha value is -2.79. The van der Waals surface area contributed by atoms with Gasteiger partial charge in [0.15, 0.2) is 0 Å². The van der Waals surface area contributed by atoms with Crippen LogP contribution in [0.25, 0.3) is 11.1 Å². The van der Waals surface area contributed by atoms with Crippen LogP contribution in [0.4, 0.5) is 5.69 Å². The molecular weight excluding hydrogens is 356 g/mol. The molecule has 1 aliphatic rings. The summed E-state index contributed by atoms with van der Waals surface area (Å²) in [5.41, 5.74) is 3.26. The number of amides is 1. The van der Waals surface area contributed by atoms with Gasteiger partial charge >= 0.3 is 0 Å². The van der Waals surface area contributed by atoms with Gasteiger partial charge in [-0.05, 0) is 29.1 Å². The minimum atomic E-state index is 0.133. The van der Waals surface area contributed by atoms with E-state index < -0.39 is 0 Å². The normalized spacial score (nSPS) is 14.3. The number of carbonyl (C=O) groups is 1. The predicted octanol–water partition coefficient (Wildman–Crippen LogP) is 4.39. The number of hydrogen-bond donors (Lipinski definition) is 0. The van der Waals surface area contributed by atoms with E-state index in [1.807, 2.05) is 52.7 Å². The van der Waals surface area contributed by atoms with Gasteiger partial charge in [-0.2, -0.15) is 0 Å². The summed E-state index contributed by atoms with van der Waals surface area (Å²) >= 11 is 1.53. The van der Waals surface area contributed by atoms with Gasteiger partial charge in [0.1, 0.15) is 5.75 Å². The van der Waals surface area contributed by atoms with Crippen molar-refractivity contribution in [3.63, 3.8) is 0 Å². The average Bonchev–Trinajstić information content (AvgIpc) is 3.24. The maximum atomic E-state index is 13.1. The monoisotopic (exact) mass is 378 g/mol. The molecule has 0 atom stereocenters. The number of rotatable bonds is 4. The van der Waals surface area contributed by atoms with Gasteiger partial charge in [-0.3, -0.25) is 4.79 Å². The van der Waals surface area contributed by atoms with Gasteiger partial charge in [-0.25, -0.2) is 0 Å². The second-order valence-corrected chi connectivity index (χ2v) is 7.43. The van der Waals surface area contributed by atoms with E-state index >= 15 is 0 Å². The third kappa shape index (κ3) is 3.69. The molecule has 0 aliphatic carbocycles. The van der Waals surface area contributed by atoms with E-state index in [4.69, 9.17) is 4.74 Å². The Labute approximate surface area is 163 Å². The Balaban J connectivity index is 1.46. The molecule has 2 aromatic carbocycles. The summed E-state index contributed by atoms with van der Waals surface area (Å²) in [6.45, 7) is 3.10. The molecule has 27 heavy (non-hydrogen) atoms. The first kappa shape index (κ1) is 17.6. The molecular formula is C22H22N2O2S. The molecule has 5 heteroatoms. The number of carbonyl (C=O) groups excluding carboxylic acids is 1. The van der Waals surface area contributed by atoms with Crippen LogP contribution >= 0.6 is 11.3 Å². The van der Waals surface area contributed by atoms with E-state index in [0.717, 1.165) is 53.6 Å². The number of hydrogen-bond acceptors (Lipinski definition) is 4. The summed E-state index contributed by atoms with van der Waals surface area (Å²) in [6.07, 6.45) is 0. The molecule has 0 unspecified atom stereocenters. The molecule has 4 nitrogen and oxygen atoms in total. The number of piperazine rings is 1. The summed E-state index contributed by atoms with van der Waals surface area (Å²) in [7, 11) is 1.68. The van der Waals surface area contributed by atoms with Gasteiger partial charge in [-0.15, -0.1) is 11.3 Å². The summed E-state index contributed by atoms with van der Waals surface area (Å²) in [5, 5.41) is 2.00. The Morgan fingerprint density at radius 1 is 0.963 bits per heavy atom. The minimum absolute atomic E-state index is 0.133. The van der Waals surface area contributed by atoms with Crippen LogP contribution in [0.3, 0.4) is 0 Å². The summed E-state index contributed by atoms with van der Waals surface area (Å²) in [6, 6.07) is 20.3. The molecule has 4 rings (SSSR count). The van der Waals surface area contributed by atoms with Gasteiger partial charge in [-0.1, -0.05) is 36.4 Å². The second kappa shape index (κ2) is 7.84. The SMILES string of the molecule is COc1cccc(N2CCN(C(=O)c3sccc3-c3ccccc3)CC2)c1. The van der Waals surface area contributed by atoms with Crippen molar-refractivity contribution in [2.24, 2.45) is 0 Å². The van der Waals surface area contributed by atoms with Crippen molar-refractivity contribution in [3.05, 3.63) is 70.9 Å². The van der Waals surface area contributed by atoms with Crippen LogP contribution in [-0.4, -0.2) is 44.1 Å². The molecule has 1 saturated heterocycles. The largest absolute Gasteiger partial charge is 0.497 e. The Morgan fingerprint density at radius 2 is 1.74 bits per heavy atom. The van der Waals surface area contributed by atoms with Crippen molar-refractivity contribution in [1.29, 1.82) is 0 Å². The Bertz CT molecular complexity index is 915. The van der Waals surface area contributed by atoms with Gasteiger partial charge in [0, 0.05) is 43.5 Å². The standard InChI is InChI=1S/C22H22N2O2S/c1-26-19-9-5-8-18(16-19)23-11-13-24(14-12-23)22(25)21-20(10-15-27-21)17-6-3-2-4-7-17/h2-10,15-16H,11-14H2,1H3. The first-order valence-corrected chi connectivity index (χ1v) is 9.95. The molecule has 1 aromatic heterocycles. The number of nitrogens with zero attached hydrogens (tertiary/aromatic N) is 2. The zero-order valence-corrected chi connectivity index (χ0v) is 16.1. The lowest BCUT2D eigenvalue weighted by Crippen LogP contribution is -2.48. The van der Waals surface area contributed by atoms with Crippen molar-refractivity contribution in [2.75, 3.05) is 38.2 Å². The smallest absolute Gasteiger partial charge is 0.264 e. The highest BCUT2D eigenvalue weighted by Crippen LogP contribution is 2.30. The van der Waals surface area contributed by atoms with Crippen LogP contribution in [0, 0.1) is 0 Å². The van der Waals surface area contributed by atoms with E-state index in [1.165, 1.54) is 11.3 Å². The molecule has 3 aromatic rings.